The molecule has 1 unspecified atom stereocenters. The average molecular weight is 480 g/mol. The van der Waals surface area contributed by atoms with Crippen molar-refractivity contribution in [3.05, 3.63) is 71.8 Å². The van der Waals surface area contributed by atoms with Gasteiger partial charge in [-0.25, -0.2) is 8.42 Å². The van der Waals surface area contributed by atoms with E-state index in [0.29, 0.717) is 23.5 Å². The van der Waals surface area contributed by atoms with E-state index >= 15 is 0 Å². The molecule has 178 valence electrons. The predicted molar refractivity (Wildman–Crippen MR) is 133 cm³/mol. The van der Waals surface area contributed by atoms with Crippen LogP contribution in [0.2, 0.25) is 0 Å². The van der Waals surface area contributed by atoms with Crippen LogP contribution in [0.3, 0.4) is 0 Å². The number of amides is 2. The maximum Gasteiger partial charge on any atom is 0.265 e. The van der Waals surface area contributed by atoms with Crippen LogP contribution in [0.5, 0.6) is 0 Å². The monoisotopic (exact) mass is 479 g/mol. The molecule has 2 amide bonds. The van der Waals surface area contributed by atoms with Gasteiger partial charge in [-0.1, -0.05) is 54.1 Å². The highest BCUT2D eigenvalue weighted by atomic mass is 32.2. The molecule has 0 saturated heterocycles. The number of sulfonamides is 1. The Morgan fingerprint density at radius 3 is 2.38 bits per heavy atom. The van der Waals surface area contributed by atoms with Crippen molar-refractivity contribution in [2.45, 2.75) is 44.2 Å². The van der Waals surface area contributed by atoms with Crippen LogP contribution in [0, 0.1) is 6.92 Å². The lowest BCUT2D eigenvalue weighted by atomic mass is 10.1. The van der Waals surface area contributed by atoms with Crippen molar-refractivity contribution >= 4 is 38.3 Å². The topological polar surface area (TPSA) is 86.8 Å². The summed E-state index contributed by atoms with van der Waals surface area (Å²) >= 11 is 0. The van der Waals surface area contributed by atoms with Gasteiger partial charge in [0.05, 0.1) is 10.6 Å². The summed E-state index contributed by atoms with van der Waals surface area (Å²) in [5, 5.41) is 4.21. The lowest BCUT2D eigenvalue weighted by Gasteiger charge is -2.29. The Labute approximate surface area is 200 Å². The summed E-state index contributed by atoms with van der Waals surface area (Å²) in [6.45, 7) is 4.19. The van der Waals surface area contributed by atoms with Crippen LogP contribution in [0.25, 0.3) is 10.8 Å². The molecule has 0 bridgehead atoms. The Kier molecular flexibility index (Phi) is 6.61. The Bertz CT molecular complexity index is 1330. The Morgan fingerprint density at radius 1 is 1.03 bits per heavy atom. The van der Waals surface area contributed by atoms with E-state index in [0.717, 1.165) is 21.9 Å². The number of hydrogen-bond donors (Lipinski definition) is 1. The highest BCUT2D eigenvalue weighted by Gasteiger charge is 2.35. The molecule has 0 aliphatic carbocycles. The van der Waals surface area contributed by atoms with Crippen LogP contribution in [0.1, 0.15) is 30.9 Å². The van der Waals surface area contributed by atoms with E-state index in [1.165, 1.54) is 4.31 Å². The minimum Gasteiger partial charge on any atom is -0.357 e. The zero-order chi connectivity index (χ0) is 24.5. The fourth-order valence-corrected chi connectivity index (χ4v) is 6.15. The Balaban J connectivity index is 1.49. The Hall–Kier alpha value is -3.39. The van der Waals surface area contributed by atoms with E-state index in [1.54, 1.807) is 37.1 Å². The van der Waals surface area contributed by atoms with Crippen molar-refractivity contribution in [2.24, 2.45) is 0 Å². The summed E-state index contributed by atoms with van der Waals surface area (Å²) in [4.78, 5) is 27.4. The quantitative estimate of drug-likeness (QED) is 0.535. The molecule has 4 rings (SSSR count). The molecule has 0 spiro atoms. The molecule has 0 saturated carbocycles. The molecular formula is C26H29N3O4S. The number of rotatable bonds is 8. The van der Waals surface area contributed by atoms with Gasteiger partial charge >= 0.3 is 0 Å². The lowest BCUT2D eigenvalue weighted by Crippen LogP contribution is -2.46. The van der Waals surface area contributed by atoms with E-state index in [-0.39, 0.29) is 24.8 Å². The van der Waals surface area contributed by atoms with Crippen LogP contribution in [0.15, 0.2) is 65.6 Å². The normalized spacial score (nSPS) is 14.7. The molecule has 0 radical (unpaired) electrons. The largest absolute Gasteiger partial charge is 0.357 e. The summed E-state index contributed by atoms with van der Waals surface area (Å²) in [5.74, 6) is -0.436. The first-order valence-corrected chi connectivity index (χ1v) is 12.8. The molecule has 34 heavy (non-hydrogen) atoms. The number of aryl methyl sites for hydroxylation is 1. The average Bonchev–Trinajstić information content (AvgIpc) is 3.05. The fraction of sp³-hybridized carbons (Fsp3) is 0.308. The van der Waals surface area contributed by atoms with E-state index in [9.17, 15) is 18.0 Å². The second-order valence-electron chi connectivity index (χ2n) is 8.61. The summed E-state index contributed by atoms with van der Waals surface area (Å²) < 4.78 is 27.7. The Morgan fingerprint density at radius 2 is 1.71 bits per heavy atom. The highest BCUT2D eigenvalue weighted by molar-refractivity contribution is 7.93. The van der Waals surface area contributed by atoms with E-state index in [1.807, 2.05) is 49.4 Å². The van der Waals surface area contributed by atoms with Crippen molar-refractivity contribution in [1.82, 2.24) is 10.2 Å². The van der Waals surface area contributed by atoms with Crippen LogP contribution in [0.4, 0.5) is 5.69 Å². The fourth-order valence-electron chi connectivity index (χ4n) is 4.40. The van der Waals surface area contributed by atoms with Gasteiger partial charge in [-0.3, -0.25) is 13.9 Å². The predicted octanol–water partition coefficient (Wildman–Crippen LogP) is 3.60. The highest BCUT2D eigenvalue weighted by Crippen LogP contribution is 2.42. The van der Waals surface area contributed by atoms with Gasteiger partial charge in [0.15, 0.2) is 0 Å². The van der Waals surface area contributed by atoms with E-state index in [2.05, 4.69) is 5.32 Å². The number of anilines is 1. The molecule has 1 aliphatic heterocycles. The van der Waals surface area contributed by atoms with Crippen LogP contribution >= 0.6 is 0 Å². The lowest BCUT2D eigenvalue weighted by molar-refractivity contribution is -0.140. The first-order chi connectivity index (χ1) is 16.2. The number of nitrogens with one attached hydrogen (secondary N) is 1. The van der Waals surface area contributed by atoms with Gasteiger partial charge in [0, 0.05) is 31.9 Å². The van der Waals surface area contributed by atoms with Crippen LogP contribution in [-0.2, 0) is 26.2 Å². The van der Waals surface area contributed by atoms with Crippen molar-refractivity contribution in [1.29, 1.82) is 0 Å². The first kappa shape index (κ1) is 23.8. The summed E-state index contributed by atoms with van der Waals surface area (Å²) in [7, 11) is -2.11. The van der Waals surface area contributed by atoms with Crippen molar-refractivity contribution < 1.29 is 18.0 Å². The van der Waals surface area contributed by atoms with Crippen molar-refractivity contribution in [2.75, 3.05) is 17.9 Å². The van der Waals surface area contributed by atoms with Gasteiger partial charge in [-0.2, -0.15) is 0 Å². The van der Waals surface area contributed by atoms with E-state index in [4.69, 9.17) is 0 Å². The van der Waals surface area contributed by atoms with Gasteiger partial charge in [0.25, 0.3) is 10.0 Å². The zero-order valence-corrected chi connectivity index (χ0v) is 20.4. The third-order valence-corrected chi connectivity index (χ3v) is 8.18. The number of benzene rings is 3. The molecule has 7 nitrogen and oxygen atoms in total. The van der Waals surface area contributed by atoms with Gasteiger partial charge in [0.2, 0.25) is 11.8 Å². The van der Waals surface area contributed by atoms with Crippen molar-refractivity contribution in [3.8, 4) is 0 Å². The number of carbonyl (C=O) groups is 2. The van der Waals surface area contributed by atoms with E-state index < -0.39 is 16.1 Å². The number of carbonyl (C=O) groups excluding carboxylic acids is 2. The second-order valence-corrected chi connectivity index (χ2v) is 10.4. The van der Waals surface area contributed by atoms with Crippen LogP contribution < -0.4 is 9.62 Å². The first-order valence-electron chi connectivity index (χ1n) is 11.3. The molecule has 8 heteroatoms. The summed E-state index contributed by atoms with van der Waals surface area (Å²) in [5.41, 5.74) is 2.69. The maximum absolute atomic E-state index is 13.2. The van der Waals surface area contributed by atoms with Crippen LogP contribution in [-0.4, -0.2) is 44.8 Å². The molecule has 3 aromatic carbocycles. The minimum absolute atomic E-state index is 0.130. The molecular weight excluding hydrogens is 450 g/mol. The zero-order valence-electron chi connectivity index (χ0n) is 19.6. The van der Waals surface area contributed by atoms with Gasteiger partial charge in [0.1, 0.15) is 6.04 Å². The van der Waals surface area contributed by atoms with Gasteiger partial charge in [-0.05, 0) is 43.4 Å². The molecule has 1 N–H and O–H groups in total. The molecule has 0 aromatic heterocycles. The number of hydrogen-bond acceptors (Lipinski definition) is 4. The number of likely N-dealkylation sites (N-methyl/N-ethyl adjacent to an activating group) is 1. The van der Waals surface area contributed by atoms with Gasteiger partial charge in [-0.15, -0.1) is 0 Å². The molecule has 1 heterocycles. The molecule has 3 aromatic rings. The number of nitrogens with zero attached hydrogens (tertiary/aromatic N) is 2. The SMILES string of the molecule is CNC(=O)C(C)N(Cc1ccc(C)cc1)C(=O)CCCN1c2cccc3cccc(c23)S1(=O)=O. The summed E-state index contributed by atoms with van der Waals surface area (Å²) in [6.07, 6.45) is 0.471. The van der Waals surface area contributed by atoms with Gasteiger partial charge < -0.3 is 10.2 Å². The molecule has 1 aliphatic rings. The van der Waals surface area contributed by atoms with Crippen molar-refractivity contribution in [3.63, 3.8) is 0 Å². The third-order valence-electron chi connectivity index (χ3n) is 6.32. The summed E-state index contributed by atoms with van der Waals surface area (Å²) in [6, 6.07) is 18.0. The molecule has 1 atom stereocenters. The maximum atomic E-state index is 13.2. The second kappa shape index (κ2) is 9.46. The smallest absolute Gasteiger partial charge is 0.265 e. The third kappa shape index (κ3) is 4.37. The standard InChI is InChI=1S/C26H29N3O4S/c1-18-12-14-20(15-13-18)17-28(19(2)26(31)27-3)24(30)11-6-16-29-22-9-4-7-21-8-5-10-23(25(21)22)34(29,32)33/h4-5,7-10,12-15,19H,6,11,16-17H2,1-3H3,(H,27,31). The minimum atomic E-state index is -3.66. The molecule has 0 fully saturated rings.